The second-order valence-corrected chi connectivity index (χ2v) is 8.08. The first-order valence-corrected chi connectivity index (χ1v) is 10.2. The van der Waals surface area contributed by atoms with E-state index in [-0.39, 0.29) is 18.4 Å². The van der Waals surface area contributed by atoms with Crippen molar-refractivity contribution in [1.29, 1.82) is 0 Å². The zero-order valence-electron chi connectivity index (χ0n) is 15.8. The normalized spacial score (nSPS) is 17.5. The summed E-state index contributed by atoms with van der Waals surface area (Å²) in [7, 11) is 0. The number of nitrogens with one attached hydrogen (secondary N) is 2. The predicted molar refractivity (Wildman–Crippen MR) is 108 cm³/mol. The van der Waals surface area contributed by atoms with E-state index in [0.717, 1.165) is 36.8 Å². The van der Waals surface area contributed by atoms with Crippen molar-refractivity contribution < 1.29 is 9.59 Å². The lowest BCUT2D eigenvalue weighted by atomic mass is 10.0. The molecule has 3 rings (SSSR count). The summed E-state index contributed by atoms with van der Waals surface area (Å²) in [6.45, 7) is 7.19. The van der Waals surface area contributed by atoms with Crippen molar-refractivity contribution in [2.75, 3.05) is 25.0 Å². The van der Waals surface area contributed by atoms with E-state index in [1.165, 1.54) is 24.2 Å². The molecule has 2 heterocycles. The first-order chi connectivity index (χ1) is 13.0. The molecule has 6 nitrogen and oxygen atoms in total. The molecule has 0 bridgehead atoms. The van der Waals surface area contributed by atoms with Gasteiger partial charge in [0.25, 0.3) is 5.91 Å². The van der Waals surface area contributed by atoms with Crippen molar-refractivity contribution in [2.45, 2.75) is 33.2 Å². The second kappa shape index (κ2) is 9.10. The van der Waals surface area contributed by atoms with E-state index in [9.17, 15) is 9.59 Å². The van der Waals surface area contributed by atoms with Crippen LogP contribution in [0.2, 0.25) is 0 Å². The Labute approximate surface area is 164 Å². The van der Waals surface area contributed by atoms with E-state index in [1.54, 1.807) is 12.1 Å². The van der Waals surface area contributed by atoms with Crippen LogP contribution in [0.3, 0.4) is 0 Å². The summed E-state index contributed by atoms with van der Waals surface area (Å²) in [4.78, 5) is 31.0. The summed E-state index contributed by atoms with van der Waals surface area (Å²) in [5, 5.41) is 7.95. The minimum Gasteiger partial charge on any atom is -0.343 e. The molecule has 1 aromatic carbocycles. The van der Waals surface area contributed by atoms with E-state index in [0.29, 0.717) is 10.7 Å². The van der Waals surface area contributed by atoms with Crippen molar-refractivity contribution in [2.24, 2.45) is 5.92 Å². The Morgan fingerprint density at radius 2 is 2.07 bits per heavy atom. The lowest BCUT2D eigenvalue weighted by molar-refractivity contribution is -0.115. The van der Waals surface area contributed by atoms with Gasteiger partial charge in [-0.3, -0.25) is 14.5 Å². The average molecular weight is 387 g/mol. The molecule has 1 atom stereocenters. The third-order valence-electron chi connectivity index (χ3n) is 4.65. The van der Waals surface area contributed by atoms with Gasteiger partial charge in [0.05, 0.1) is 12.2 Å². The molecule has 2 aromatic rings. The fourth-order valence-electron chi connectivity index (χ4n) is 3.23. The minimum absolute atomic E-state index is 0.0781. The summed E-state index contributed by atoms with van der Waals surface area (Å²) >= 11 is 1.42. The van der Waals surface area contributed by atoms with Crippen LogP contribution in [0, 0.1) is 12.8 Å². The Balaban J connectivity index is 1.45. The Hall–Kier alpha value is -2.25. The minimum atomic E-state index is -0.275. The Bertz CT molecular complexity index is 788. The van der Waals surface area contributed by atoms with Crippen LogP contribution >= 0.6 is 11.3 Å². The Kier molecular flexibility index (Phi) is 6.58. The number of aromatic nitrogens is 1. The van der Waals surface area contributed by atoms with Crippen LogP contribution in [0.1, 0.15) is 41.4 Å². The number of aryl methyl sites for hydroxylation is 1. The molecule has 0 radical (unpaired) electrons. The van der Waals surface area contributed by atoms with Gasteiger partial charge in [-0.2, -0.15) is 0 Å². The third-order valence-corrected chi connectivity index (χ3v) is 5.45. The highest BCUT2D eigenvalue weighted by Gasteiger charge is 2.17. The quantitative estimate of drug-likeness (QED) is 0.800. The molecule has 0 saturated carbocycles. The molecule has 1 saturated heterocycles. The van der Waals surface area contributed by atoms with Crippen LogP contribution in [0.25, 0.3) is 0 Å². The summed E-state index contributed by atoms with van der Waals surface area (Å²) < 4.78 is 0. The molecule has 27 heavy (non-hydrogen) atoms. The highest BCUT2D eigenvalue weighted by Crippen LogP contribution is 2.20. The van der Waals surface area contributed by atoms with Crippen LogP contribution < -0.4 is 10.6 Å². The summed E-state index contributed by atoms with van der Waals surface area (Å²) in [6.07, 6.45) is 2.53. The van der Waals surface area contributed by atoms with E-state index < -0.39 is 0 Å². The zero-order valence-corrected chi connectivity index (χ0v) is 16.6. The van der Waals surface area contributed by atoms with Gasteiger partial charge < -0.3 is 10.6 Å². The fraction of sp³-hybridized carbons (Fsp3) is 0.450. The number of thiazole rings is 1. The van der Waals surface area contributed by atoms with Crippen molar-refractivity contribution in [3.63, 3.8) is 0 Å². The molecule has 1 fully saturated rings. The Morgan fingerprint density at radius 1 is 1.30 bits per heavy atom. The number of nitrogens with zero attached hydrogens (tertiary/aromatic N) is 2. The van der Waals surface area contributed by atoms with Gasteiger partial charge in [0.15, 0.2) is 5.13 Å². The Morgan fingerprint density at radius 3 is 2.81 bits per heavy atom. The number of likely N-dealkylation sites (tertiary alicyclic amines) is 1. The number of carbonyl (C=O) groups is 2. The smallest absolute Gasteiger partial charge is 0.251 e. The maximum Gasteiger partial charge on any atom is 0.251 e. The average Bonchev–Trinajstić information content (AvgIpc) is 3.07. The molecule has 7 heteroatoms. The molecule has 1 aliphatic heterocycles. The fourth-order valence-corrected chi connectivity index (χ4v) is 3.95. The molecule has 2 amide bonds. The number of hydrogen-bond donors (Lipinski definition) is 2. The number of hydrogen-bond acceptors (Lipinski definition) is 5. The lowest BCUT2D eigenvalue weighted by Gasteiger charge is -2.30. The van der Waals surface area contributed by atoms with E-state index in [4.69, 9.17) is 0 Å². The number of piperidine rings is 1. The van der Waals surface area contributed by atoms with Crippen LogP contribution in [-0.4, -0.2) is 41.3 Å². The zero-order chi connectivity index (χ0) is 19.2. The van der Waals surface area contributed by atoms with E-state index in [2.05, 4.69) is 27.4 Å². The second-order valence-electron chi connectivity index (χ2n) is 7.22. The van der Waals surface area contributed by atoms with E-state index >= 15 is 0 Å². The lowest BCUT2D eigenvalue weighted by Crippen LogP contribution is -2.34. The van der Waals surface area contributed by atoms with Gasteiger partial charge in [-0.25, -0.2) is 4.98 Å². The van der Waals surface area contributed by atoms with Crippen molar-refractivity contribution in [3.8, 4) is 0 Å². The van der Waals surface area contributed by atoms with Gasteiger partial charge in [0, 0.05) is 24.0 Å². The van der Waals surface area contributed by atoms with Crippen molar-refractivity contribution >= 4 is 28.3 Å². The number of rotatable bonds is 6. The molecule has 0 aliphatic carbocycles. The van der Waals surface area contributed by atoms with Gasteiger partial charge in [0.1, 0.15) is 0 Å². The van der Waals surface area contributed by atoms with Crippen LogP contribution in [0.15, 0.2) is 29.6 Å². The third kappa shape index (κ3) is 5.87. The topological polar surface area (TPSA) is 74.3 Å². The SMILES string of the molecule is Cc1ccc(C(=O)NCC(=O)Nc2nc(CN3CCC[C@H](C)C3)cs2)cc1. The van der Waals surface area contributed by atoms with E-state index in [1.807, 2.05) is 24.4 Å². The molecular weight excluding hydrogens is 360 g/mol. The molecular formula is C20H26N4O2S. The van der Waals surface area contributed by atoms with Gasteiger partial charge >= 0.3 is 0 Å². The molecule has 144 valence electrons. The first-order valence-electron chi connectivity index (χ1n) is 9.31. The highest BCUT2D eigenvalue weighted by atomic mass is 32.1. The maximum atomic E-state index is 12.1. The van der Waals surface area contributed by atoms with Crippen LogP contribution in [0.4, 0.5) is 5.13 Å². The number of amides is 2. The van der Waals surface area contributed by atoms with Gasteiger partial charge in [-0.1, -0.05) is 24.6 Å². The monoisotopic (exact) mass is 386 g/mol. The van der Waals surface area contributed by atoms with Crippen LogP contribution in [-0.2, 0) is 11.3 Å². The van der Waals surface area contributed by atoms with Gasteiger partial charge in [0.2, 0.25) is 5.91 Å². The summed E-state index contributed by atoms with van der Waals surface area (Å²) in [5.74, 6) is 0.195. The molecule has 0 spiro atoms. The van der Waals surface area contributed by atoms with Gasteiger partial charge in [-0.05, 0) is 44.4 Å². The molecule has 2 N–H and O–H groups in total. The largest absolute Gasteiger partial charge is 0.343 e. The number of anilines is 1. The van der Waals surface area contributed by atoms with Crippen LogP contribution in [0.5, 0.6) is 0 Å². The summed E-state index contributed by atoms with van der Waals surface area (Å²) in [5.41, 5.74) is 2.61. The molecule has 0 unspecified atom stereocenters. The van der Waals surface area contributed by atoms with Crippen molar-refractivity contribution in [3.05, 3.63) is 46.5 Å². The maximum absolute atomic E-state index is 12.1. The molecule has 1 aliphatic rings. The van der Waals surface area contributed by atoms with Crippen molar-refractivity contribution in [1.82, 2.24) is 15.2 Å². The number of benzene rings is 1. The standard InChI is InChI=1S/C20H26N4O2S/c1-14-5-7-16(8-6-14)19(26)21-10-18(25)23-20-22-17(13-27-20)12-24-9-3-4-15(2)11-24/h5-8,13,15H,3-4,9-12H2,1-2H3,(H,21,26)(H,22,23,25)/t15-/m0/s1. The highest BCUT2D eigenvalue weighted by molar-refractivity contribution is 7.13. The first kappa shape index (κ1) is 19.5. The molecule has 1 aromatic heterocycles. The summed E-state index contributed by atoms with van der Waals surface area (Å²) in [6, 6.07) is 7.23. The van der Waals surface area contributed by atoms with Gasteiger partial charge in [-0.15, -0.1) is 11.3 Å². The number of carbonyl (C=O) groups excluding carboxylic acids is 2. The predicted octanol–water partition coefficient (Wildman–Crippen LogP) is 3.05.